The van der Waals surface area contributed by atoms with Crippen LogP contribution in [-0.4, -0.2) is 4.98 Å². The molecule has 0 atom stereocenters. The molecule has 0 fully saturated rings. The van der Waals surface area contributed by atoms with Gasteiger partial charge in [-0.15, -0.1) is 11.3 Å². The van der Waals surface area contributed by atoms with Crippen LogP contribution in [0.1, 0.15) is 0 Å². The lowest BCUT2D eigenvalue weighted by atomic mass is 10.3. The third-order valence-corrected chi connectivity index (χ3v) is 3.41. The maximum absolute atomic E-state index is 5.86. The van der Waals surface area contributed by atoms with Crippen molar-refractivity contribution >= 4 is 39.7 Å². The molecule has 1 aromatic carbocycles. The highest BCUT2D eigenvalue weighted by molar-refractivity contribution is 7.19. The quantitative estimate of drug-likeness (QED) is 0.669. The monoisotopic (exact) mass is 250 g/mol. The third-order valence-electron chi connectivity index (χ3n) is 2.20. The van der Waals surface area contributed by atoms with E-state index in [1.807, 2.05) is 18.2 Å². The van der Waals surface area contributed by atoms with Crippen LogP contribution in [0.5, 0.6) is 0 Å². The second kappa shape index (κ2) is 3.50. The van der Waals surface area contributed by atoms with Gasteiger partial charge >= 0.3 is 0 Å². The highest BCUT2D eigenvalue weighted by Gasteiger charge is 2.10. The number of hydrogen-bond acceptors (Lipinski definition) is 4. The predicted octanol–water partition coefficient (Wildman–Crippen LogP) is 3.79. The van der Waals surface area contributed by atoms with Crippen molar-refractivity contribution in [1.29, 1.82) is 0 Å². The maximum atomic E-state index is 5.86. The second-order valence-corrected chi connectivity index (χ2v) is 5.07. The number of hydrogen-bond donors (Lipinski definition) is 1. The van der Waals surface area contributed by atoms with Gasteiger partial charge in [-0.2, -0.15) is 0 Å². The molecule has 5 heteroatoms. The highest BCUT2D eigenvalue weighted by Crippen LogP contribution is 2.32. The summed E-state index contributed by atoms with van der Waals surface area (Å²) in [6.45, 7) is 0. The Hall–Kier alpha value is -1.52. The Morgan fingerprint density at radius 3 is 2.88 bits per heavy atom. The van der Waals surface area contributed by atoms with Gasteiger partial charge in [0.05, 0.1) is 9.21 Å². The fourth-order valence-electron chi connectivity index (χ4n) is 1.48. The zero-order valence-electron chi connectivity index (χ0n) is 8.11. The number of thiophene rings is 1. The van der Waals surface area contributed by atoms with Gasteiger partial charge in [0.2, 0.25) is 5.89 Å². The van der Waals surface area contributed by atoms with Crippen LogP contribution in [0.15, 0.2) is 34.7 Å². The van der Waals surface area contributed by atoms with Crippen LogP contribution in [0.25, 0.3) is 21.9 Å². The molecule has 0 saturated carbocycles. The van der Waals surface area contributed by atoms with E-state index in [-0.39, 0.29) is 0 Å². The predicted molar refractivity (Wildman–Crippen MR) is 66.7 cm³/mol. The molecule has 0 saturated heterocycles. The van der Waals surface area contributed by atoms with E-state index in [2.05, 4.69) is 4.98 Å². The Morgan fingerprint density at radius 2 is 2.12 bits per heavy atom. The molecule has 0 unspecified atom stereocenters. The molecule has 0 aliphatic rings. The van der Waals surface area contributed by atoms with E-state index >= 15 is 0 Å². The van der Waals surface area contributed by atoms with Gasteiger partial charge in [0, 0.05) is 5.69 Å². The number of aromatic nitrogens is 1. The van der Waals surface area contributed by atoms with Gasteiger partial charge in [-0.1, -0.05) is 11.6 Å². The minimum absolute atomic E-state index is 0.581. The molecule has 3 nitrogen and oxygen atoms in total. The highest BCUT2D eigenvalue weighted by atomic mass is 35.5. The van der Waals surface area contributed by atoms with Gasteiger partial charge in [0.15, 0.2) is 5.58 Å². The SMILES string of the molecule is Nc1ccc2oc(-c3ccc(Cl)s3)nc2c1. The molecule has 16 heavy (non-hydrogen) atoms. The molecule has 2 aromatic heterocycles. The van der Waals surface area contributed by atoms with Crippen LogP contribution < -0.4 is 5.73 Å². The van der Waals surface area contributed by atoms with Crippen LogP contribution in [-0.2, 0) is 0 Å². The molecule has 80 valence electrons. The Kier molecular flexibility index (Phi) is 2.12. The molecular formula is C11H7ClN2OS. The van der Waals surface area contributed by atoms with Crippen molar-refractivity contribution in [3.05, 3.63) is 34.7 Å². The number of benzene rings is 1. The Balaban J connectivity index is 2.18. The van der Waals surface area contributed by atoms with E-state index in [1.54, 1.807) is 12.1 Å². The summed E-state index contributed by atoms with van der Waals surface area (Å²) in [5.74, 6) is 0.581. The second-order valence-electron chi connectivity index (χ2n) is 3.35. The Morgan fingerprint density at radius 1 is 1.25 bits per heavy atom. The topological polar surface area (TPSA) is 52.0 Å². The zero-order chi connectivity index (χ0) is 11.1. The fourth-order valence-corrected chi connectivity index (χ4v) is 2.45. The first kappa shape index (κ1) is 9.69. The van der Waals surface area contributed by atoms with Crippen molar-refractivity contribution < 1.29 is 4.42 Å². The fraction of sp³-hybridized carbons (Fsp3) is 0. The Labute approximate surface area is 100 Å². The van der Waals surface area contributed by atoms with Crippen molar-refractivity contribution in [1.82, 2.24) is 4.98 Å². The van der Waals surface area contributed by atoms with Crippen molar-refractivity contribution in [2.45, 2.75) is 0 Å². The van der Waals surface area contributed by atoms with Crippen molar-refractivity contribution in [2.24, 2.45) is 0 Å². The zero-order valence-corrected chi connectivity index (χ0v) is 9.68. The smallest absolute Gasteiger partial charge is 0.237 e. The van der Waals surface area contributed by atoms with Gasteiger partial charge in [-0.05, 0) is 30.3 Å². The standard InChI is InChI=1S/C11H7ClN2OS/c12-10-4-3-9(16-10)11-14-7-5-6(13)1-2-8(7)15-11/h1-5H,13H2. The van der Waals surface area contributed by atoms with E-state index < -0.39 is 0 Å². The van der Waals surface area contributed by atoms with Crippen LogP contribution >= 0.6 is 22.9 Å². The molecule has 3 rings (SSSR count). The van der Waals surface area contributed by atoms with Crippen molar-refractivity contribution in [3.8, 4) is 10.8 Å². The third kappa shape index (κ3) is 1.56. The Bertz CT molecular complexity index is 659. The summed E-state index contributed by atoms with van der Waals surface area (Å²) in [6, 6.07) is 9.11. The first-order valence-corrected chi connectivity index (χ1v) is 5.83. The van der Waals surface area contributed by atoms with Crippen LogP contribution in [0.4, 0.5) is 5.69 Å². The van der Waals surface area contributed by atoms with E-state index in [0.717, 1.165) is 20.3 Å². The van der Waals surface area contributed by atoms with Crippen LogP contribution in [0.3, 0.4) is 0 Å². The number of nitrogen functional groups attached to an aromatic ring is 1. The number of nitrogens with zero attached hydrogens (tertiary/aromatic N) is 1. The van der Waals surface area contributed by atoms with E-state index in [4.69, 9.17) is 21.8 Å². The van der Waals surface area contributed by atoms with Gasteiger partial charge in [-0.3, -0.25) is 0 Å². The van der Waals surface area contributed by atoms with Gasteiger partial charge in [0.25, 0.3) is 0 Å². The summed E-state index contributed by atoms with van der Waals surface area (Å²) < 4.78 is 6.33. The summed E-state index contributed by atoms with van der Waals surface area (Å²) in [5.41, 5.74) is 7.85. The largest absolute Gasteiger partial charge is 0.435 e. The van der Waals surface area contributed by atoms with Crippen LogP contribution in [0, 0.1) is 0 Å². The molecule has 0 radical (unpaired) electrons. The normalized spacial score (nSPS) is 11.1. The van der Waals surface area contributed by atoms with E-state index in [1.165, 1.54) is 11.3 Å². The first-order chi connectivity index (χ1) is 7.72. The van der Waals surface area contributed by atoms with E-state index in [9.17, 15) is 0 Å². The lowest BCUT2D eigenvalue weighted by Crippen LogP contribution is -1.82. The average Bonchev–Trinajstić information content (AvgIpc) is 2.83. The number of nitrogens with two attached hydrogens (primary N) is 1. The molecule has 0 aliphatic carbocycles. The van der Waals surface area contributed by atoms with Gasteiger partial charge in [0.1, 0.15) is 5.52 Å². The number of halogens is 1. The van der Waals surface area contributed by atoms with Crippen LogP contribution in [0.2, 0.25) is 4.34 Å². The molecule has 0 bridgehead atoms. The summed E-state index contributed by atoms with van der Waals surface area (Å²) in [7, 11) is 0. The molecule has 0 aliphatic heterocycles. The molecule has 0 amide bonds. The molecule has 3 aromatic rings. The minimum atomic E-state index is 0.581. The number of oxazole rings is 1. The lowest BCUT2D eigenvalue weighted by Gasteiger charge is -1.88. The van der Waals surface area contributed by atoms with Gasteiger partial charge < -0.3 is 10.2 Å². The summed E-state index contributed by atoms with van der Waals surface area (Å²) in [4.78, 5) is 5.28. The number of anilines is 1. The van der Waals surface area contributed by atoms with E-state index in [0.29, 0.717) is 11.6 Å². The molecule has 0 spiro atoms. The molecular weight excluding hydrogens is 244 g/mol. The van der Waals surface area contributed by atoms with Crippen molar-refractivity contribution in [2.75, 3.05) is 5.73 Å². The summed E-state index contributed by atoms with van der Waals surface area (Å²) >= 11 is 7.30. The number of rotatable bonds is 1. The lowest BCUT2D eigenvalue weighted by molar-refractivity contribution is 0.621. The maximum Gasteiger partial charge on any atom is 0.237 e. The van der Waals surface area contributed by atoms with Gasteiger partial charge in [-0.25, -0.2) is 4.98 Å². The molecule has 2 heterocycles. The minimum Gasteiger partial charge on any atom is -0.435 e. The summed E-state index contributed by atoms with van der Waals surface area (Å²) in [6.07, 6.45) is 0. The van der Waals surface area contributed by atoms with Crippen molar-refractivity contribution in [3.63, 3.8) is 0 Å². The summed E-state index contributed by atoms with van der Waals surface area (Å²) in [5, 5.41) is 0. The average molecular weight is 251 g/mol. The number of fused-ring (bicyclic) bond motifs is 1. The molecule has 2 N–H and O–H groups in total. The first-order valence-electron chi connectivity index (χ1n) is 4.64.